The van der Waals surface area contributed by atoms with Gasteiger partial charge in [0.25, 0.3) is 5.91 Å². The maximum atomic E-state index is 11.4. The number of nitrogens with zero attached hydrogens (tertiary/aromatic N) is 2. The Morgan fingerprint density at radius 1 is 1.44 bits per heavy atom. The molecule has 0 aliphatic carbocycles. The minimum atomic E-state index is -0.298. The first-order valence-corrected chi connectivity index (χ1v) is 5.57. The number of amides is 1. The predicted molar refractivity (Wildman–Crippen MR) is 67.4 cm³/mol. The molecule has 0 aliphatic heterocycles. The van der Waals surface area contributed by atoms with Crippen LogP contribution in [0.5, 0.6) is 0 Å². The van der Waals surface area contributed by atoms with Gasteiger partial charge in [0, 0.05) is 18.8 Å². The summed E-state index contributed by atoms with van der Waals surface area (Å²) in [7, 11) is 1.52. The van der Waals surface area contributed by atoms with Crippen LogP contribution in [0.2, 0.25) is 5.02 Å². The van der Waals surface area contributed by atoms with Crippen LogP contribution in [0.1, 0.15) is 20.8 Å². The summed E-state index contributed by atoms with van der Waals surface area (Å²) in [6, 6.07) is 6.52. The lowest BCUT2D eigenvalue weighted by Gasteiger charge is -2.06. The third kappa shape index (κ3) is 2.12. The monoisotopic (exact) mass is 263 g/mol. The molecular weight excluding hydrogens is 254 g/mol. The molecule has 0 atom stereocenters. The Bertz CT molecular complexity index is 607. The minimum Gasteiger partial charge on any atom is -0.354 e. The molecule has 6 heteroatoms. The van der Waals surface area contributed by atoms with Gasteiger partial charge in [0.2, 0.25) is 0 Å². The first-order valence-electron chi connectivity index (χ1n) is 5.19. The van der Waals surface area contributed by atoms with Gasteiger partial charge < -0.3 is 5.32 Å². The van der Waals surface area contributed by atoms with Gasteiger partial charge in [0.05, 0.1) is 10.7 Å². The molecule has 0 spiro atoms. The molecule has 2 aromatic rings. The van der Waals surface area contributed by atoms with Crippen LogP contribution in [-0.4, -0.2) is 29.0 Å². The number of hydrogen-bond donors (Lipinski definition) is 1. The van der Waals surface area contributed by atoms with E-state index in [1.807, 2.05) is 0 Å². The van der Waals surface area contributed by atoms with Crippen LogP contribution < -0.4 is 5.32 Å². The zero-order chi connectivity index (χ0) is 13.1. The summed E-state index contributed by atoms with van der Waals surface area (Å²) in [5.74, 6) is -0.298. The first kappa shape index (κ1) is 12.3. The number of nitrogens with one attached hydrogen (secondary N) is 1. The maximum Gasteiger partial charge on any atom is 0.271 e. The van der Waals surface area contributed by atoms with Crippen LogP contribution >= 0.6 is 11.6 Å². The van der Waals surface area contributed by atoms with Crippen LogP contribution in [0.15, 0.2) is 30.5 Å². The molecule has 18 heavy (non-hydrogen) atoms. The third-order valence-electron chi connectivity index (χ3n) is 2.42. The molecule has 5 nitrogen and oxygen atoms in total. The smallest absolute Gasteiger partial charge is 0.271 e. The van der Waals surface area contributed by atoms with Crippen LogP contribution in [-0.2, 0) is 0 Å². The summed E-state index contributed by atoms with van der Waals surface area (Å²) < 4.78 is 1.41. The second-order valence-electron chi connectivity index (χ2n) is 3.52. The lowest BCUT2D eigenvalue weighted by atomic mass is 10.2. The number of benzene rings is 1. The van der Waals surface area contributed by atoms with Crippen molar-refractivity contribution in [3.05, 3.63) is 46.7 Å². The number of halogens is 1. The Morgan fingerprint density at radius 3 is 2.89 bits per heavy atom. The molecule has 1 amide bonds. The molecular formula is C12H10ClN3O2. The van der Waals surface area contributed by atoms with E-state index in [1.165, 1.54) is 11.7 Å². The van der Waals surface area contributed by atoms with E-state index < -0.39 is 0 Å². The Hall–Kier alpha value is -2.14. The van der Waals surface area contributed by atoms with Crippen LogP contribution in [0.3, 0.4) is 0 Å². The number of aldehydes is 1. The molecule has 0 aliphatic rings. The molecule has 0 saturated heterocycles. The molecule has 0 saturated carbocycles. The lowest BCUT2D eigenvalue weighted by Crippen LogP contribution is -2.18. The maximum absolute atomic E-state index is 11.4. The highest BCUT2D eigenvalue weighted by molar-refractivity contribution is 6.32. The number of rotatable bonds is 3. The summed E-state index contributed by atoms with van der Waals surface area (Å²) in [4.78, 5) is 22.4. The molecule has 2 rings (SSSR count). The van der Waals surface area contributed by atoms with Crippen molar-refractivity contribution in [2.45, 2.75) is 0 Å². The number of carbonyl (C=O) groups is 2. The average Bonchev–Trinajstić information content (AvgIpc) is 2.86. The topological polar surface area (TPSA) is 64.0 Å². The Labute approximate surface area is 108 Å². The normalized spacial score (nSPS) is 10.1. The highest BCUT2D eigenvalue weighted by atomic mass is 35.5. The molecule has 0 radical (unpaired) electrons. The minimum absolute atomic E-state index is 0.259. The number of hydrogen-bond acceptors (Lipinski definition) is 3. The molecule has 1 heterocycles. The fourth-order valence-electron chi connectivity index (χ4n) is 1.57. The van der Waals surface area contributed by atoms with Crippen molar-refractivity contribution >= 4 is 23.8 Å². The number of para-hydroxylation sites is 1. The van der Waals surface area contributed by atoms with E-state index in [2.05, 4.69) is 10.4 Å². The predicted octanol–water partition coefficient (Wildman–Crippen LogP) is 1.70. The van der Waals surface area contributed by atoms with Crippen molar-refractivity contribution in [3.63, 3.8) is 0 Å². The molecule has 92 valence electrons. The van der Waals surface area contributed by atoms with Gasteiger partial charge in [-0.25, -0.2) is 4.68 Å². The summed E-state index contributed by atoms with van der Waals surface area (Å²) in [5.41, 5.74) is 1.13. The molecule has 0 bridgehead atoms. The largest absolute Gasteiger partial charge is 0.354 e. The van der Waals surface area contributed by atoms with E-state index in [1.54, 1.807) is 30.5 Å². The van der Waals surface area contributed by atoms with E-state index in [0.29, 0.717) is 22.6 Å². The SMILES string of the molecule is CNC(=O)c1ccn(-c2c(Cl)cccc2C=O)n1. The van der Waals surface area contributed by atoms with Crippen molar-refractivity contribution in [1.82, 2.24) is 15.1 Å². The quantitative estimate of drug-likeness (QED) is 0.857. The highest BCUT2D eigenvalue weighted by Crippen LogP contribution is 2.23. The second-order valence-corrected chi connectivity index (χ2v) is 3.93. The lowest BCUT2D eigenvalue weighted by molar-refractivity contribution is 0.0957. The van der Waals surface area contributed by atoms with E-state index in [9.17, 15) is 9.59 Å². The Balaban J connectivity index is 2.52. The standard InChI is InChI=1S/C12H10ClN3O2/c1-14-12(18)10-5-6-16(15-10)11-8(7-17)3-2-4-9(11)13/h2-7H,1H3,(H,14,18). The van der Waals surface area contributed by atoms with Crippen LogP contribution in [0, 0.1) is 0 Å². The zero-order valence-electron chi connectivity index (χ0n) is 9.55. The highest BCUT2D eigenvalue weighted by Gasteiger charge is 2.12. The van der Waals surface area contributed by atoms with Crippen molar-refractivity contribution in [3.8, 4) is 5.69 Å². The van der Waals surface area contributed by atoms with E-state index in [4.69, 9.17) is 11.6 Å². The summed E-state index contributed by atoms with van der Waals surface area (Å²) in [6.07, 6.45) is 2.28. The second kappa shape index (κ2) is 5.01. The Kier molecular flexibility index (Phi) is 3.43. The van der Waals surface area contributed by atoms with Gasteiger partial charge in [0.1, 0.15) is 0 Å². The van der Waals surface area contributed by atoms with E-state index in [-0.39, 0.29) is 11.6 Å². The van der Waals surface area contributed by atoms with Gasteiger partial charge in [-0.2, -0.15) is 5.10 Å². The molecule has 0 unspecified atom stereocenters. The van der Waals surface area contributed by atoms with Gasteiger partial charge in [-0.05, 0) is 18.2 Å². The van der Waals surface area contributed by atoms with Crippen molar-refractivity contribution < 1.29 is 9.59 Å². The van der Waals surface area contributed by atoms with Gasteiger partial charge in [-0.1, -0.05) is 17.7 Å². The summed E-state index contributed by atoms with van der Waals surface area (Å²) in [6.45, 7) is 0. The molecule has 1 N–H and O–H groups in total. The average molecular weight is 264 g/mol. The van der Waals surface area contributed by atoms with E-state index >= 15 is 0 Å². The van der Waals surface area contributed by atoms with Crippen molar-refractivity contribution in [1.29, 1.82) is 0 Å². The van der Waals surface area contributed by atoms with Crippen LogP contribution in [0.25, 0.3) is 5.69 Å². The molecule has 1 aromatic carbocycles. The van der Waals surface area contributed by atoms with Gasteiger partial charge in [-0.3, -0.25) is 9.59 Å². The fraction of sp³-hybridized carbons (Fsp3) is 0.0833. The van der Waals surface area contributed by atoms with Crippen molar-refractivity contribution in [2.75, 3.05) is 7.05 Å². The summed E-state index contributed by atoms with van der Waals surface area (Å²) >= 11 is 6.05. The number of aromatic nitrogens is 2. The molecule has 1 aromatic heterocycles. The van der Waals surface area contributed by atoms with E-state index in [0.717, 1.165) is 0 Å². The Morgan fingerprint density at radius 2 is 2.22 bits per heavy atom. The zero-order valence-corrected chi connectivity index (χ0v) is 10.3. The van der Waals surface area contributed by atoms with Crippen LogP contribution in [0.4, 0.5) is 0 Å². The first-order chi connectivity index (χ1) is 8.67. The van der Waals surface area contributed by atoms with Gasteiger partial charge in [-0.15, -0.1) is 0 Å². The van der Waals surface area contributed by atoms with Gasteiger partial charge >= 0.3 is 0 Å². The van der Waals surface area contributed by atoms with Crippen molar-refractivity contribution in [2.24, 2.45) is 0 Å². The molecule has 0 fully saturated rings. The number of carbonyl (C=O) groups excluding carboxylic acids is 2. The summed E-state index contributed by atoms with van der Waals surface area (Å²) in [5, 5.41) is 6.95. The fourth-order valence-corrected chi connectivity index (χ4v) is 1.83. The van der Waals surface area contributed by atoms with Gasteiger partial charge in [0.15, 0.2) is 12.0 Å². The third-order valence-corrected chi connectivity index (χ3v) is 2.73.